The smallest absolute Gasteiger partial charge is 0.265 e. The molecule has 1 aliphatic heterocycles. The third kappa shape index (κ3) is 3.58. The van der Waals surface area contributed by atoms with Crippen LogP contribution in [0, 0.1) is 0 Å². The Labute approximate surface area is 155 Å². The topological polar surface area (TPSA) is 67.4 Å². The molecule has 6 nitrogen and oxygen atoms in total. The van der Waals surface area contributed by atoms with Crippen LogP contribution in [0.5, 0.6) is 0 Å². The highest BCUT2D eigenvalue weighted by atomic mass is 32.1. The Morgan fingerprint density at radius 2 is 2.04 bits per heavy atom. The Balaban J connectivity index is 1.67. The zero-order valence-electron chi connectivity index (χ0n) is 14.1. The molecule has 3 aromatic rings. The molecule has 4 heterocycles. The lowest BCUT2D eigenvalue weighted by Gasteiger charge is -2.28. The first kappa shape index (κ1) is 16.7. The van der Waals surface area contributed by atoms with Crippen LogP contribution in [-0.4, -0.2) is 42.2 Å². The molecule has 0 spiro atoms. The third-order valence-corrected chi connectivity index (χ3v) is 5.29. The van der Waals surface area contributed by atoms with E-state index in [0.717, 1.165) is 29.3 Å². The van der Waals surface area contributed by atoms with Gasteiger partial charge >= 0.3 is 0 Å². The van der Waals surface area contributed by atoms with Crippen molar-refractivity contribution in [2.75, 3.05) is 36.5 Å². The van der Waals surface area contributed by atoms with Crippen molar-refractivity contribution in [3.63, 3.8) is 0 Å². The lowest BCUT2D eigenvalue weighted by molar-refractivity contribution is 0.103. The molecule has 1 saturated heterocycles. The predicted octanol–water partition coefficient (Wildman–Crippen LogP) is 3.29. The van der Waals surface area contributed by atoms with E-state index in [4.69, 9.17) is 4.74 Å². The van der Waals surface area contributed by atoms with Crippen molar-refractivity contribution in [2.24, 2.45) is 0 Å². The molecular formula is C19H18N4O2S. The average molecular weight is 366 g/mol. The Morgan fingerprint density at radius 3 is 2.77 bits per heavy atom. The van der Waals surface area contributed by atoms with Crippen LogP contribution < -0.4 is 10.2 Å². The summed E-state index contributed by atoms with van der Waals surface area (Å²) < 4.78 is 5.46. The van der Waals surface area contributed by atoms with Gasteiger partial charge in [0, 0.05) is 31.0 Å². The molecule has 7 heteroatoms. The lowest BCUT2D eigenvalue weighted by Crippen LogP contribution is -2.35. The van der Waals surface area contributed by atoms with Crippen LogP contribution in [0.2, 0.25) is 0 Å². The summed E-state index contributed by atoms with van der Waals surface area (Å²) in [5, 5.41) is 3.96. The largest absolute Gasteiger partial charge is 0.378 e. The van der Waals surface area contributed by atoms with Gasteiger partial charge in [-0.25, -0.2) is 0 Å². The van der Waals surface area contributed by atoms with E-state index in [1.54, 1.807) is 24.7 Å². The molecule has 0 bridgehead atoms. The maximum atomic E-state index is 12.7. The minimum absolute atomic E-state index is 0.139. The quantitative estimate of drug-likeness (QED) is 0.767. The van der Waals surface area contributed by atoms with Crippen LogP contribution in [0.4, 0.5) is 10.7 Å². The molecule has 0 saturated carbocycles. The van der Waals surface area contributed by atoms with Gasteiger partial charge in [-0.1, -0.05) is 6.07 Å². The van der Waals surface area contributed by atoms with Crippen molar-refractivity contribution < 1.29 is 9.53 Å². The summed E-state index contributed by atoms with van der Waals surface area (Å²) in [6.07, 6.45) is 5.08. The van der Waals surface area contributed by atoms with Gasteiger partial charge in [0.1, 0.15) is 5.00 Å². The molecular weight excluding hydrogens is 348 g/mol. The fraction of sp³-hybridized carbons (Fsp3) is 0.211. The molecule has 0 aliphatic carbocycles. The van der Waals surface area contributed by atoms with Crippen molar-refractivity contribution >= 4 is 27.9 Å². The first-order valence-corrected chi connectivity index (χ1v) is 9.22. The highest BCUT2D eigenvalue weighted by molar-refractivity contribution is 7.18. The van der Waals surface area contributed by atoms with E-state index in [1.165, 1.54) is 11.3 Å². The zero-order chi connectivity index (χ0) is 17.8. The molecule has 0 radical (unpaired) electrons. The molecule has 26 heavy (non-hydrogen) atoms. The summed E-state index contributed by atoms with van der Waals surface area (Å²) in [4.78, 5) is 24.1. The summed E-state index contributed by atoms with van der Waals surface area (Å²) in [5.74, 6) is -0.139. The van der Waals surface area contributed by atoms with E-state index in [-0.39, 0.29) is 5.91 Å². The first-order valence-electron chi connectivity index (χ1n) is 8.40. The molecule has 132 valence electrons. The van der Waals surface area contributed by atoms with E-state index in [1.807, 2.05) is 30.3 Å². The molecule has 0 aromatic carbocycles. The number of pyridine rings is 2. The van der Waals surface area contributed by atoms with Crippen LogP contribution in [0.15, 0.2) is 55.0 Å². The van der Waals surface area contributed by atoms with Gasteiger partial charge in [-0.3, -0.25) is 14.8 Å². The highest BCUT2D eigenvalue weighted by Crippen LogP contribution is 2.38. The van der Waals surface area contributed by atoms with Crippen molar-refractivity contribution in [2.45, 2.75) is 0 Å². The summed E-state index contributed by atoms with van der Waals surface area (Å²) >= 11 is 1.49. The van der Waals surface area contributed by atoms with E-state index < -0.39 is 0 Å². The number of hydrogen-bond acceptors (Lipinski definition) is 6. The normalized spacial score (nSPS) is 14.2. The number of morpholine rings is 1. The number of aromatic nitrogens is 2. The van der Waals surface area contributed by atoms with Gasteiger partial charge in [0.2, 0.25) is 0 Å². The number of hydrogen-bond donors (Lipinski definition) is 1. The standard InChI is InChI=1S/C19H18N4O2S/c24-18(22-14-4-3-6-20-13-14)17-12-15(16-5-1-2-7-21-16)19(26-17)23-8-10-25-11-9-23/h1-7,12-13H,8-11H2,(H,22,24). The minimum Gasteiger partial charge on any atom is -0.378 e. The van der Waals surface area contributed by atoms with E-state index in [0.29, 0.717) is 23.8 Å². The van der Waals surface area contributed by atoms with E-state index in [2.05, 4.69) is 20.2 Å². The Morgan fingerprint density at radius 1 is 1.15 bits per heavy atom. The van der Waals surface area contributed by atoms with Gasteiger partial charge in [-0.15, -0.1) is 11.3 Å². The summed E-state index contributed by atoms with van der Waals surface area (Å²) in [6.45, 7) is 3.00. The van der Waals surface area contributed by atoms with Gasteiger partial charge in [0.05, 0.1) is 35.7 Å². The van der Waals surface area contributed by atoms with Gasteiger partial charge in [0.25, 0.3) is 5.91 Å². The fourth-order valence-electron chi connectivity index (χ4n) is 2.83. The monoisotopic (exact) mass is 366 g/mol. The SMILES string of the molecule is O=C(Nc1cccnc1)c1cc(-c2ccccn2)c(N2CCOCC2)s1. The predicted molar refractivity (Wildman–Crippen MR) is 103 cm³/mol. The fourth-order valence-corrected chi connectivity index (χ4v) is 3.94. The number of nitrogens with zero attached hydrogens (tertiary/aromatic N) is 3. The number of anilines is 2. The molecule has 0 atom stereocenters. The maximum absolute atomic E-state index is 12.7. The van der Waals surface area contributed by atoms with Gasteiger partial charge in [-0.05, 0) is 30.3 Å². The van der Waals surface area contributed by atoms with E-state index >= 15 is 0 Å². The summed E-state index contributed by atoms with van der Waals surface area (Å²) in [5.41, 5.74) is 2.53. The molecule has 4 rings (SSSR count). The number of thiophene rings is 1. The minimum atomic E-state index is -0.139. The van der Waals surface area contributed by atoms with Crippen LogP contribution in [-0.2, 0) is 4.74 Å². The highest BCUT2D eigenvalue weighted by Gasteiger charge is 2.22. The van der Waals surface area contributed by atoms with Crippen molar-refractivity contribution in [1.82, 2.24) is 9.97 Å². The number of rotatable bonds is 4. The second kappa shape index (κ2) is 7.63. The number of ether oxygens (including phenoxy) is 1. The molecule has 1 fully saturated rings. The van der Waals surface area contributed by atoms with Gasteiger partial charge in [-0.2, -0.15) is 0 Å². The Kier molecular flexibility index (Phi) is 4.90. The molecule has 1 N–H and O–H groups in total. The molecule has 1 aliphatic rings. The van der Waals surface area contributed by atoms with Gasteiger partial charge in [0.15, 0.2) is 0 Å². The number of carbonyl (C=O) groups is 1. The Hall–Kier alpha value is -2.77. The van der Waals surface area contributed by atoms with Crippen molar-refractivity contribution in [1.29, 1.82) is 0 Å². The lowest BCUT2D eigenvalue weighted by atomic mass is 10.2. The van der Waals surface area contributed by atoms with E-state index in [9.17, 15) is 4.79 Å². The summed E-state index contributed by atoms with van der Waals surface area (Å²) in [7, 11) is 0. The second-order valence-corrected chi connectivity index (χ2v) is 6.87. The second-order valence-electron chi connectivity index (χ2n) is 5.84. The molecule has 3 aromatic heterocycles. The Bertz CT molecular complexity index is 877. The summed E-state index contributed by atoms with van der Waals surface area (Å²) in [6, 6.07) is 11.3. The number of amides is 1. The van der Waals surface area contributed by atoms with Crippen LogP contribution in [0.25, 0.3) is 11.3 Å². The average Bonchev–Trinajstić information content (AvgIpc) is 3.16. The first-order chi connectivity index (χ1) is 12.8. The van der Waals surface area contributed by atoms with Crippen LogP contribution in [0.1, 0.15) is 9.67 Å². The number of nitrogens with one attached hydrogen (secondary N) is 1. The van der Waals surface area contributed by atoms with Crippen LogP contribution >= 0.6 is 11.3 Å². The molecule has 1 amide bonds. The third-order valence-electron chi connectivity index (χ3n) is 4.09. The zero-order valence-corrected chi connectivity index (χ0v) is 14.9. The molecule has 0 unspecified atom stereocenters. The van der Waals surface area contributed by atoms with Crippen molar-refractivity contribution in [3.05, 3.63) is 59.9 Å². The van der Waals surface area contributed by atoms with Gasteiger partial charge < -0.3 is 15.0 Å². The van der Waals surface area contributed by atoms with Crippen LogP contribution in [0.3, 0.4) is 0 Å². The number of carbonyl (C=O) groups excluding carboxylic acids is 1. The maximum Gasteiger partial charge on any atom is 0.265 e. The van der Waals surface area contributed by atoms with Crippen molar-refractivity contribution in [3.8, 4) is 11.3 Å².